The second-order valence-electron chi connectivity index (χ2n) is 12.0. The molecule has 0 spiro atoms. The Morgan fingerprint density at radius 1 is 0.441 bits per heavy atom. The normalized spacial score (nSPS) is 20.7. The first kappa shape index (κ1) is 32.0. The van der Waals surface area contributed by atoms with Crippen molar-refractivity contribution < 1.29 is 4.48 Å². The maximum atomic E-state index is 2.48. The summed E-state index contributed by atoms with van der Waals surface area (Å²) in [5, 5.41) is 0. The molecule has 0 saturated carbocycles. The fraction of sp³-hybridized carbons (Fsp3) is 1.00. The van der Waals surface area contributed by atoms with Gasteiger partial charge in [-0.1, -0.05) is 136 Å². The molecule has 2 atom stereocenters. The molecule has 0 radical (unpaired) electrons. The monoisotopic (exact) mass is 479 g/mol. The van der Waals surface area contributed by atoms with Crippen molar-refractivity contribution in [3.05, 3.63) is 0 Å². The van der Waals surface area contributed by atoms with E-state index in [2.05, 4.69) is 20.8 Å². The van der Waals surface area contributed by atoms with Gasteiger partial charge in [0.15, 0.2) is 0 Å². The summed E-state index contributed by atoms with van der Waals surface area (Å²) >= 11 is 0. The standard InChI is InChI=1S/C33H68N/c1-4-7-9-11-13-15-17-18-20-22-24-27-31-34(32-28-25-29-33(34)6-3)30-26-23-21-19-16-14-12-10-8-5-2/h33H,4-32H2,1-3H3/q+1. The highest BCUT2D eigenvalue weighted by molar-refractivity contribution is 4.67. The number of quaternary nitrogens is 1. The Labute approximate surface area is 217 Å². The van der Waals surface area contributed by atoms with Crippen molar-refractivity contribution in [2.75, 3.05) is 19.6 Å². The predicted octanol–water partition coefficient (Wildman–Crippen LogP) is 11.4. The van der Waals surface area contributed by atoms with Gasteiger partial charge in [0.25, 0.3) is 0 Å². The van der Waals surface area contributed by atoms with E-state index in [0.29, 0.717) is 0 Å². The van der Waals surface area contributed by atoms with Crippen LogP contribution in [0.25, 0.3) is 0 Å². The van der Waals surface area contributed by atoms with Gasteiger partial charge in [0, 0.05) is 0 Å². The van der Waals surface area contributed by atoms with Crippen LogP contribution in [0.4, 0.5) is 0 Å². The molecule has 1 aliphatic rings. The molecule has 34 heavy (non-hydrogen) atoms. The van der Waals surface area contributed by atoms with Gasteiger partial charge in [-0.3, -0.25) is 0 Å². The van der Waals surface area contributed by atoms with Gasteiger partial charge < -0.3 is 4.48 Å². The third-order valence-electron chi connectivity index (χ3n) is 9.05. The molecule has 1 heteroatoms. The van der Waals surface area contributed by atoms with E-state index in [1.165, 1.54) is 191 Å². The molecule has 0 N–H and O–H groups in total. The largest absolute Gasteiger partial charge is 0.321 e. The topological polar surface area (TPSA) is 0 Å². The Hall–Kier alpha value is -0.0400. The molecule has 1 aliphatic heterocycles. The number of nitrogens with zero attached hydrogens (tertiary/aromatic N) is 1. The zero-order valence-corrected chi connectivity index (χ0v) is 24.5. The van der Waals surface area contributed by atoms with E-state index in [1.54, 1.807) is 0 Å². The predicted molar refractivity (Wildman–Crippen MR) is 156 cm³/mol. The number of unbranched alkanes of at least 4 members (excludes halogenated alkanes) is 20. The Bertz CT molecular complexity index is 405. The molecule has 1 heterocycles. The van der Waals surface area contributed by atoms with Crippen LogP contribution in [0.5, 0.6) is 0 Å². The summed E-state index contributed by atoms with van der Waals surface area (Å²) in [6, 6.07) is 0.972. The lowest BCUT2D eigenvalue weighted by atomic mass is 9.94. The highest BCUT2D eigenvalue weighted by atomic mass is 15.4. The summed E-state index contributed by atoms with van der Waals surface area (Å²) in [5.74, 6) is 0. The van der Waals surface area contributed by atoms with Crippen molar-refractivity contribution in [1.29, 1.82) is 0 Å². The molecule has 0 aromatic carbocycles. The lowest BCUT2D eigenvalue weighted by molar-refractivity contribution is -0.956. The van der Waals surface area contributed by atoms with Crippen molar-refractivity contribution in [2.45, 2.75) is 194 Å². The number of hydrogen-bond donors (Lipinski definition) is 0. The Morgan fingerprint density at radius 2 is 0.794 bits per heavy atom. The molecular formula is C33H68N+. The highest BCUT2D eigenvalue weighted by Crippen LogP contribution is 2.30. The first-order chi connectivity index (χ1) is 16.8. The van der Waals surface area contributed by atoms with E-state index in [-0.39, 0.29) is 0 Å². The minimum Gasteiger partial charge on any atom is -0.321 e. The van der Waals surface area contributed by atoms with E-state index in [4.69, 9.17) is 0 Å². The Morgan fingerprint density at radius 3 is 1.15 bits per heavy atom. The van der Waals surface area contributed by atoms with Crippen molar-refractivity contribution in [1.82, 2.24) is 0 Å². The van der Waals surface area contributed by atoms with Gasteiger partial charge >= 0.3 is 0 Å². The molecule has 1 saturated heterocycles. The van der Waals surface area contributed by atoms with E-state index in [0.717, 1.165) is 6.04 Å². The third-order valence-corrected chi connectivity index (χ3v) is 9.05. The zero-order valence-electron chi connectivity index (χ0n) is 24.5. The second kappa shape index (κ2) is 23.4. The maximum absolute atomic E-state index is 2.48. The zero-order chi connectivity index (χ0) is 24.6. The molecule has 1 nitrogen and oxygen atoms in total. The number of hydrogen-bond acceptors (Lipinski definition) is 0. The molecule has 0 amide bonds. The van der Waals surface area contributed by atoms with Gasteiger partial charge in [0.1, 0.15) is 0 Å². The quantitative estimate of drug-likeness (QED) is 0.0903. The highest BCUT2D eigenvalue weighted by Gasteiger charge is 2.37. The van der Waals surface area contributed by atoms with Crippen LogP contribution in [0.15, 0.2) is 0 Å². The van der Waals surface area contributed by atoms with Gasteiger partial charge in [-0.15, -0.1) is 0 Å². The SMILES string of the molecule is CCCCCCCCCCCCCC[N+]1(CCCCCCCCCCCC)CCCCC1CC. The van der Waals surface area contributed by atoms with Crippen LogP contribution in [0.3, 0.4) is 0 Å². The minimum atomic E-state index is 0.972. The minimum absolute atomic E-state index is 0.972. The van der Waals surface area contributed by atoms with Gasteiger partial charge in [-0.25, -0.2) is 0 Å². The van der Waals surface area contributed by atoms with Crippen molar-refractivity contribution >= 4 is 0 Å². The summed E-state index contributed by atoms with van der Waals surface area (Å²) in [6.07, 6.45) is 38.3. The average molecular weight is 479 g/mol. The first-order valence-corrected chi connectivity index (χ1v) is 16.6. The average Bonchev–Trinajstić information content (AvgIpc) is 2.86. The fourth-order valence-corrected chi connectivity index (χ4v) is 6.74. The smallest absolute Gasteiger partial charge is 0.0887 e. The van der Waals surface area contributed by atoms with Crippen LogP contribution in [0, 0.1) is 0 Å². The molecule has 0 aromatic heterocycles. The first-order valence-electron chi connectivity index (χ1n) is 16.6. The van der Waals surface area contributed by atoms with E-state index in [1.807, 2.05) is 0 Å². The molecule has 204 valence electrons. The van der Waals surface area contributed by atoms with Crippen molar-refractivity contribution in [3.63, 3.8) is 0 Å². The summed E-state index contributed by atoms with van der Waals surface area (Å²) in [4.78, 5) is 0. The van der Waals surface area contributed by atoms with Gasteiger partial charge in [0.2, 0.25) is 0 Å². The van der Waals surface area contributed by atoms with Gasteiger partial charge in [-0.2, -0.15) is 0 Å². The van der Waals surface area contributed by atoms with Crippen molar-refractivity contribution in [3.8, 4) is 0 Å². The maximum Gasteiger partial charge on any atom is 0.0887 e. The Kier molecular flexibility index (Phi) is 22.0. The molecular weight excluding hydrogens is 410 g/mol. The molecule has 0 aromatic rings. The van der Waals surface area contributed by atoms with Gasteiger partial charge in [-0.05, 0) is 51.4 Å². The lowest BCUT2D eigenvalue weighted by Gasteiger charge is -2.48. The van der Waals surface area contributed by atoms with Crippen molar-refractivity contribution in [2.24, 2.45) is 0 Å². The van der Waals surface area contributed by atoms with Crippen LogP contribution in [0.1, 0.15) is 188 Å². The van der Waals surface area contributed by atoms with Crippen LogP contribution in [0.2, 0.25) is 0 Å². The van der Waals surface area contributed by atoms with Gasteiger partial charge in [0.05, 0.1) is 25.7 Å². The number of rotatable bonds is 25. The van der Waals surface area contributed by atoms with E-state index in [9.17, 15) is 0 Å². The second-order valence-corrected chi connectivity index (χ2v) is 12.0. The van der Waals surface area contributed by atoms with Crippen LogP contribution in [-0.4, -0.2) is 30.2 Å². The number of likely N-dealkylation sites (tertiary alicyclic amines) is 1. The summed E-state index contributed by atoms with van der Waals surface area (Å²) < 4.78 is 1.51. The lowest BCUT2D eigenvalue weighted by Crippen LogP contribution is -2.58. The van der Waals surface area contributed by atoms with Crippen LogP contribution >= 0.6 is 0 Å². The molecule has 1 fully saturated rings. The third kappa shape index (κ3) is 15.9. The molecule has 0 aliphatic carbocycles. The molecule has 1 rings (SSSR count). The molecule has 2 unspecified atom stereocenters. The summed E-state index contributed by atoms with van der Waals surface area (Å²) in [6.45, 7) is 11.6. The summed E-state index contributed by atoms with van der Waals surface area (Å²) in [7, 11) is 0. The van der Waals surface area contributed by atoms with Crippen LogP contribution < -0.4 is 0 Å². The molecule has 0 bridgehead atoms. The van der Waals surface area contributed by atoms with E-state index >= 15 is 0 Å². The Balaban J connectivity index is 2.15. The number of piperidine rings is 1. The summed E-state index contributed by atoms with van der Waals surface area (Å²) in [5.41, 5.74) is 0. The van der Waals surface area contributed by atoms with Crippen LogP contribution in [-0.2, 0) is 0 Å². The fourth-order valence-electron chi connectivity index (χ4n) is 6.74. The van der Waals surface area contributed by atoms with E-state index < -0.39 is 0 Å².